The van der Waals surface area contributed by atoms with E-state index in [-0.39, 0.29) is 24.2 Å². The molecule has 0 spiro atoms. The molecule has 1 aromatic carbocycles. The van der Waals surface area contributed by atoms with Gasteiger partial charge in [0.15, 0.2) is 0 Å². The normalized spacial score (nSPS) is 13.7. The largest absolute Gasteiger partial charge is 0.507 e. The number of amides is 4. The summed E-state index contributed by atoms with van der Waals surface area (Å²) >= 11 is 0. The zero-order valence-electron chi connectivity index (χ0n) is 25.5. The number of aromatic hydroxyl groups is 1. The maximum Gasteiger partial charge on any atom is 0.408 e. The molecule has 3 atom stereocenters. The van der Waals surface area contributed by atoms with Crippen LogP contribution in [0.3, 0.4) is 0 Å². The number of carbonyl (C=O) groups is 4. The second kappa shape index (κ2) is 16.1. The lowest BCUT2D eigenvalue weighted by Gasteiger charge is -2.39. The van der Waals surface area contributed by atoms with Gasteiger partial charge in [0, 0.05) is 24.6 Å². The van der Waals surface area contributed by atoms with E-state index in [9.17, 15) is 24.3 Å². The highest BCUT2D eigenvalue weighted by atomic mass is 16.6. The van der Waals surface area contributed by atoms with Crippen molar-refractivity contribution in [2.24, 2.45) is 11.7 Å². The summed E-state index contributed by atoms with van der Waals surface area (Å²) in [6.45, 7) is 15.2. The van der Waals surface area contributed by atoms with Gasteiger partial charge in [0.1, 0.15) is 23.4 Å². The number of phenolic OH excluding ortho intramolecular Hbond substituents is 1. The summed E-state index contributed by atoms with van der Waals surface area (Å²) in [5.74, 6) is -1.38. The van der Waals surface area contributed by atoms with E-state index in [4.69, 9.17) is 10.5 Å². The molecule has 0 saturated heterocycles. The average molecular weight is 563 g/mol. The number of alkyl carbamates (subject to hydrolysis) is 1. The first-order valence-electron chi connectivity index (χ1n) is 14.2. The molecule has 1 aromatic rings. The summed E-state index contributed by atoms with van der Waals surface area (Å²) in [5.41, 5.74) is 5.41. The minimum atomic E-state index is -1.19. The van der Waals surface area contributed by atoms with Crippen molar-refractivity contribution in [3.8, 4) is 5.75 Å². The molecule has 0 aromatic heterocycles. The average Bonchev–Trinajstić information content (AvgIpc) is 2.84. The van der Waals surface area contributed by atoms with E-state index in [1.807, 2.05) is 13.8 Å². The van der Waals surface area contributed by atoms with E-state index in [2.05, 4.69) is 24.5 Å². The minimum Gasteiger partial charge on any atom is -0.507 e. The molecule has 0 saturated carbocycles. The third-order valence-corrected chi connectivity index (χ3v) is 6.48. The van der Waals surface area contributed by atoms with Crippen LogP contribution in [0.25, 0.3) is 0 Å². The first kappa shape index (κ1) is 34.7. The fourth-order valence-electron chi connectivity index (χ4n) is 4.29. The van der Waals surface area contributed by atoms with Crippen LogP contribution < -0.4 is 16.4 Å². The lowest BCUT2D eigenvalue weighted by molar-refractivity contribution is -0.145. The first-order chi connectivity index (χ1) is 18.6. The number of rotatable bonds is 15. The summed E-state index contributed by atoms with van der Waals surface area (Å²) < 4.78 is 5.38. The van der Waals surface area contributed by atoms with Gasteiger partial charge in [-0.1, -0.05) is 45.4 Å². The SMILES string of the molecule is CCCCNC(=O)C(c1cccc(C)c1O)N(C(=O)C(CCC(N)=O)NC(=O)OC(C)(C)C)C(C)CCC(C)C. The molecular formula is C30H50N4O6. The Bertz CT molecular complexity index is 1000. The molecule has 10 heteroatoms. The standard InChI is InChI=1S/C30H50N4O6/c1-9-10-18-32-27(37)25(22-13-11-12-20(4)26(22)36)34(21(5)15-14-19(2)3)28(38)23(16-17-24(31)35)33-29(39)40-30(6,7)8/h11-13,19,21,23,25,36H,9-10,14-18H2,1-8H3,(H2,31,35)(H,32,37)(H,33,39). The number of nitrogens with one attached hydrogen (secondary N) is 2. The highest BCUT2D eigenvalue weighted by Gasteiger charge is 2.40. The lowest BCUT2D eigenvalue weighted by Crippen LogP contribution is -2.55. The van der Waals surface area contributed by atoms with Gasteiger partial charge in [-0.25, -0.2) is 4.79 Å². The Morgan fingerprint density at radius 1 is 1.07 bits per heavy atom. The molecule has 3 unspecified atom stereocenters. The van der Waals surface area contributed by atoms with Crippen molar-refractivity contribution in [1.29, 1.82) is 0 Å². The number of para-hydroxylation sites is 1. The molecule has 4 amide bonds. The van der Waals surface area contributed by atoms with Crippen molar-refractivity contribution in [2.75, 3.05) is 6.54 Å². The van der Waals surface area contributed by atoms with E-state index in [1.54, 1.807) is 45.9 Å². The van der Waals surface area contributed by atoms with Gasteiger partial charge in [-0.05, 0) is 71.8 Å². The zero-order valence-corrected chi connectivity index (χ0v) is 25.5. The van der Waals surface area contributed by atoms with Gasteiger partial charge in [-0.2, -0.15) is 0 Å². The Hall–Kier alpha value is -3.30. The number of ether oxygens (including phenoxy) is 1. The smallest absolute Gasteiger partial charge is 0.408 e. The van der Waals surface area contributed by atoms with Gasteiger partial charge in [0.05, 0.1) is 0 Å². The molecule has 0 bridgehead atoms. The quantitative estimate of drug-likeness (QED) is 0.232. The van der Waals surface area contributed by atoms with E-state index in [1.165, 1.54) is 4.90 Å². The number of benzene rings is 1. The third kappa shape index (κ3) is 11.4. The van der Waals surface area contributed by atoms with Crippen LogP contribution in [-0.4, -0.2) is 58.1 Å². The number of unbranched alkanes of at least 4 members (excludes halogenated alkanes) is 1. The van der Waals surface area contributed by atoms with Gasteiger partial charge in [0.25, 0.3) is 0 Å². The molecule has 40 heavy (non-hydrogen) atoms. The molecule has 0 aliphatic heterocycles. The van der Waals surface area contributed by atoms with E-state index in [0.29, 0.717) is 24.4 Å². The van der Waals surface area contributed by atoms with Crippen LogP contribution >= 0.6 is 0 Å². The fourth-order valence-corrected chi connectivity index (χ4v) is 4.29. The highest BCUT2D eigenvalue weighted by molar-refractivity contribution is 5.93. The fraction of sp³-hybridized carbons (Fsp3) is 0.667. The van der Waals surface area contributed by atoms with E-state index >= 15 is 0 Å². The van der Waals surface area contributed by atoms with Crippen LogP contribution in [0.1, 0.15) is 104 Å². The second-order valence-corrected chi connectivity index (χ2v) is 11.8. The maximum absolute atomic E-state index is 14.3. The second-order valence-electron chi connectivity index (χ2n) is 11.8. The molecule has 10 nitrogen and oxygen atoms in total. The number of hydrogen-bond donors (Lipinski definition) is 4. The topological polar surface area (TPSA) is 151 Å². The number of hydrogen-bond acceptors (Lipinski definition) is 6. The minimum absolute atomic E-state index is 0.0786. The van der Waals surface area contributed by atoms with Gasteiger partial charge in [-0.3, -0.25) is 14.4 Å². The Morgan fingerprint density at radius 2 is 1.73 bits per heavy atom. The molecular weight excluding hydrogens is 512 g/mol. The van der Waals surface area contributed by atoms with Crippen molar-refractivity contribution in [3.63, 3.8) is 0 Å². The molecule has 5 N–H and O–H groups in total. The molecule has 0 aliphatic carbocycles. The lowest BCUT2D eigenvalue weighted by atomic mass is 9.95. The summed E-state index contributed by atoms with van der Waals surface area (Å²) in [4.78, 5) is 53.9. The molecule has 0 fully saturated rings. The Balaban J connectivity index is 3.69. The van der Waals surface area contributed by atoms with Crippen molar-refractivity contribution in [1.82, 2.24) is 15.5 Å². The van der Waals surface area contributed by atoms with Crippen molar-refractivity contribution in [3.05, 3.63) is 29.3 Å². The molecule has 0 aliphatic rings. The van der Waals surface area contributed by atoms with Crippen molar-refractivity contribution >= 4 is 23.8 Å². The summed E-state index contributed by atoms with van der Waals surface area (Å²) in [6, 6.07) is 2.25. The Labute approximate surface area is 239 Å². The molecule has 0 radical (unpaired) electrons. The zero-order chi connectivity index (χ0) is 30.6. The predicted molar refractivity (Wildman–Crippen MR) is 155 cm³/mol. The van der Waals surface area contributed by atoms with Gasteiger partial charge < -0.3 is 31.1 Å². The Morgan fingerprint density at radius 3 is 2.27 bits per heavy atom. The summed E-state index contributed by atoms with van der Waals surface area (Å²) in [7, 11) is 0. The van der Waals surface area contributed by atoms with Crippen molar-refractivity contribution < 1.29 is 29.0 Å². The van der Waals surface area contributed by atoms with Crippen LogP contribution in [-0.2, 0) is 19.1 Å². The number of nitrogens with zero attached hydrogens (tertiary/aromatic N) is 1. The summed E-state index contributed by atoms with van der Waals surface area (Å²) in [5, 5.41) is 16.6. The molecule has 1 rings (SSSR count). The monoisotopic (exact) mass is 562 g/mol. The maximum atomic E-state index is 14.3. The van der Waals surface area contributed by atoms with E-state index < -0.39 is 47.5 Å². The van der Waals surface area contributed by atoms with Crippen LogP contribution in [0, 0.1) is 12.8 Å². The van der Waals surface area contributed by atoms with Gasteiger partial charge in [0.2, 0.25) is 17.7 Å². The van der Waals surface area contributed by atoms with Crippen LogP contribution in [0.5, 0.6) is 5.75 Å². The van der Waals surface area contributed by atoms with Crippen LogP contribution in [0.15, 0.2) is 18.2 Å². The number of phenols is 1. The number of nitrogens with two attached hydrogens (primary N) is 1. The highest BCUT2D eigenvalue weighted by Crippen LogP contribution is 2.34. The Kier molecular flexibility index (Phi) is 14.0. The molecule has 226 valence electrons. The van der Waals surface area contributed by atoms with Crippen molar-refractivity contribution in [2.45, 2.75) is 118 Å². The van der Waals surface area contributed by atoms with Crippen LogP contribution in [0.2, 0.25) is 0 Å². The van der Waals surface area contributed by atoms with Gasteiger partial charge >= 0.3 is 6.09 Å². The predicted octanol–water partition coefficient (Wildman–Crippen LogP) is 4.47. The third-order valence-electron chi connectivity index (χ3n) is 6.48. The molecule has 0 heterocycles. The summed E-state index contributed by atoms with van der Waals surface area (Å²) in [6.07, 6.45) is 1.89. The number of aryl methyl sites for hydroxylation is 1. The van der Waals surface area contributed by atoms with Crippen LogP contribution in [0.4, 0.5) is 4.79 Å². The number of primary amides is 1. The number of carbonyl (C=O) groups excluding carboxylic acids is 4. The van der Waals surface area contributed by atoms with Gasteiger partial charge in [-0.15, -0.1) is 0 Å². The van der Waals surface area contributed by atoms with E-state index in [0.717, 1.165) is 19.3 Å². The first-order valence-corrected chi connectivity index (χ1v) is 14.2.